The molecular weight excluding hydrogens is 264 g/mol. The topological polar surface area (TPSA) is 71.2 Å². The second-order valence-electron chi connectivity index (χ2n) is 5.66. The number of carbonyl (C=O) groups excluding carboxylic acids is 1. The zero-order valence-corrected chi connectivity index (χ0v) is 12.8. The summed E-state index contributed by atoms with van der Waals surface area (Å²) in [4.78, 5) is 18.9. The molecule has 0 aromatic carbocycles. The third-order valence-electron chi connectivity index (χ3n) is 3.99. The van der Waals surface area contributed by atoms with Crippen LogP contribution in [0.1, 0.15) is 39.0 Å². The molecule has 2 heterocycles. The van der Waals surface area contributed by atoms with E-state index in [9.17, 15) is 4.79 Å². The molecule has 1 fully saturated rings. The number of hydrogen-bond acceptors (Lipinski definition) is 4. The number of aromatic nitrogens is 1. The Balaban J connectivity index is 1.93. The molecule has 0 saturated carbocycles. The van der Waals surface area contributed by atoms with Gasteiger partial charge in [0.15, 0.2) is 0 Å². The number of amides is 1. The minimum atomic E-state index is -0.114. The van der Waals surface area contributed by atoms with Crippen LogP contribution in [0.4, 0.5) is 11.5 Å². The van der Waals surface area contributed by atoms with Crippen LogP contribution in [0, 0.1) is 5.92 Å². The van der Waals surface area contributed by atoms with Gasteiger partial charge < -0.3 is 16.0 Å². The predicted octanol–water partition coefficient (Wildman–Crippen LogP) is 2.39. The van der Waals surface area contributed by atoms with E-state index in [1.807, 2.05) is 12.1 Å². The molecule has 0 spiro atoms. The summed E-state index contributed by atoms with van der Waals surface area (Å²) >= 11 is 0. The molecule has 1 aliphatic rings. The Labute approximate surface area is 126 Å². The summed E-state index contributed by atoms with van der Waals surface area (Å²) < 4.78 is 0. The number of carbonyl (C=O) groups is 1. The first-order valence-corrected chi connectivity index (χ1v) is 7.96. The molecule has 1 aromatic rings. The van der Waals surface area contributed by atoms with Gasteiger partial charge in [-0.05, 0) is 37.8 Å². The van der Waals surface area contributed by atoms with Crippen molar-refractivity contribution in [3.8, 4) is 0 Å². The molecule has 0 aliphatic carbocycles. The maximum Gasteiger partial charge on any atom is 0.228 e. The summed E-state index contributed by atoms with van der Waals surface area (Å²) in [5.41, 5.74) is 6.40. The van der Waals surface area contributed by atoms with Crippen LogP contribution >= 0.6 is 0 Å². The van der Waals surface area contributed by atoms with Crippen molar-refractivity contribution in [2.24, 2.45) is 11.7 Å². The average Bonchev–Trinajstić information content (AvgIpc) is 2.54. The largest absolute Gasteiger partial charge is 0.357 e. The van der Waals surface area contributed by atoms with Gasteiger partial charge in [0.05, 0.1) is 17.8 Å². The Morgan fingerprint density at radius 1 is 1.38 bits per heavy atom. The molecule has 5 heteroatoms. The minimum absolute atomic E-state index is 0.00753. The summed E-state index contributed by atoms with van der Waals surface area (Å²) in [6.07, 6.45) is 7.29. The van der Waals surface area contributed by atoms with E-state index in [2.05, 4.69) is 22.1 Å². The molecule has 3 N–H and O–H groups in total. The van der Waals surface area contributed by atoms with Crippen molar-refractivity contribution < 1.29 is 4.79 Å². The maximum atomic E-state index is 12.1. The smallest absolute Gasteiger partial charge is 0.228 e. The molecule has 116 valence electrons. The van der Waals surface area contributed by atoms with Crippen molar-refractivity contribution in [1.82, 2.24) is 4.98 Å². The van der Waals surface area contributed by atoms with Gasteiger partial charge in [-0.25, -0.2) is 4.98 Å². The third-order valence-corrected chi connectivity index (χ3v) is 3.99. The Hall–Kier alpha value is -1.62. The average molecular weight is 290 g/mol. The van der Waals surface area contributed by atoms with E-state index in [1.54, 1.807) is 6.20 Å². The number of nitrogens with two attached hydrogens (primary N) is 1. The van der Waals surface area contributed by atoms with Gasteiger partial charge in [-0.2, -0.15) is 0 Å². The lowest BCUT2D eigenvalue weighted by atomic mass is 10.0. The quantitative estimate of drug-likeness (QED) is 0.844. The summed E-state index contributed by atoms with van der Waals surface area (Å²) in [5, 5.41) is 2.91. The molecule has 1 unspecified atom stereocenters. The normalized spacial score (nSPS) is 16.6. The lowest BCUT2D eigenvalue weighted by Gasteiger charge is -2.27. The van der Waals surface area contributed by atoms with Gasteiger partial charge in [0.2, 0.25) is 5.91 Å². The zero-order chi connectivity index (χ0) is 15.1. The first-order chi connectivity index (χ1) is 10.2. The molecule has 1 atom stereocenters. The SMILES string of the molecule is CCCC(CN)C(=O)Nc1ccc(N2CCCCC2)nc1. The minimum Gasteiger partial charge on any atom is -0.357 e. The van der Waals surface area contributed by atoms with Crippen molar-refractivity contribution in [3.63, 3.8) is 0 Å². The monoisotopic (exact) mass is 290 g/mol. The van der Waals surface area contributed by atoms with E-state index < -0.39 is 0 Å². The van der Waals surface area contributed by atoms with Gasteiger partial charge in [-0.1, -0.05) is 13.3 Å². The second-order valence-corrected chi connectivity index (χ2v) is 5.66. The number of nitrogens with one attached hydrogen (secondary N) is 1. The molecule has 2 rings (SSSR count). The number of piperidine rings is 1. The molecule has 21 heavy (non-hydrogen) atoms. The fourth-order valence-corrected chi connectivity index (χ4v) is 2.72. The number of anilines is 2. The van der Waals surface area contributed by atoms with Crippen LogP contribution in [0.15, 0.2) is 18.3 Å². The highest BCUT2D eigenvalue weighted by atomic mass is 16.1. The standard InChI is InChI=1S/C16H26N4O/c1-2-6-13(11-17)16(21)19-14-7-8-15(18-12-14)20-9-4-3-5-10-20/h7-8,12-13H,2-6,9-11,17H2,1H3,(H,19,21). The van der Waals surface area contributed by atoms with E-state index in [4.69, 9.17) is 5.73 Å². The van der Waals surface area contributed by atoms with Crippen molar-refractivity contribution in [1.29, 1.82) is 0 Å². The Bertz CT molecular complexity index is 440. The second kappa shape index (κ2) is 7.98. The highest BCUT2D eigenvalue weighted by molar-refractivity contribution is 5.92. The van der Waals surface area contributed by atoms with Gasteiger partial charge in [-0.3, -0.25) is 4.79 Å². The highest BCUT2D eigenvalue weighted by Crippen LogP contribution is 2.19. The van der Waals surface area contributed by atoms with Crippen molar-refractivity contribution in [3.05, 3.63) is 18.3 Å². The van der Waals surface area contributed by atoms with Crippen LogP contribution in [0.5, 0.6) is 0 Å². The lowest BCUT2D eigenvalue weighted by molar-refractivity contribution is -0.119. The van der Waals surface area contributed by atoms with Crippen LogP contribution in [-0.2, 0) is 4.79 Å². The van der Waals surface area contributed by atoms with Crippen molar-refractivity contribution >= 4 is 17.4 Å². The fraction of sp³-hybridized carbons (Fsp3) is 0.625. The molecule has 1 amide bonds. The highest BCUT2D eigenvalue weighted by Gasteiger charge is 2.16. The molecule has 1 saturated heterocycles. The van der Waals surface area contributed by atoms with Crippen LogP contribution in [0.2, 0.25) is 0 Å². The van der Waals surface area contributed by atoms with Crippen LogP contribution in [-0.4, -0.2) is 30.5 Å². The molecule has 1 aromatic heterocycles. The molecule has 0 radical (unpaired) electrons. The van der Waals surface area contributed by atoms with E-state index >= 15 is 0 Å². The summed E-state index contributed by atoms with van der Waals surface area (Å²) in [7, 11) is 0. The Morgan fingerprint density at radius 3 is 2.71 bits per heavy atom. The van der Waals surface area contributed by atoms with E-state index in [1.165, 1.54) is 19.3 Å². The first-order valence-electron chi connectivity index (χ1n) is 7.96. The van der Waals surface area contributed by atoms with Crippen LogP contribution in [0.25, 0.3) is 0 Å². The molecule has 0 bridgehead atoms. The summed E-state index contributed by atoms with van der Waals surface area (Å²) in [5.74, 6) is 0.875. The maximum absolute atomic E-state index is 12.1. The molecule has 1 aliphatic heterocycles. The third kappa shape index (κ3) is 4.43. The number of pyridine rings is 1. The summed E-state index contributed by atoms with van der Waals surface area (Å²) in [6, 6.07) is 3.91. The van der Waals surface area contributed by atoms with E-state index in [0.717, 1.165) is 37.4 Å². The fourth-order valence-electron chi connectivity index (χ4n) is 2.72. The van der Waals surface area contributed by atoms with Gasteiger partial charge >= 0.3 is 0 Å². The van der Waals surface area contributed by atoms with Crippen LogP contribution < -0.4 is 16.0 Å². The van der Waals surface area contributed by atoms with Gasteiger partial charge in [0.25, 0.3) is 0 Å². The lowest BCUT2D eigenvalue weighted by Crippen LogP contribution is -2.30. The first kappa shape index (κ1) is 15.8. The van der Waals surface area contributed by atoms with E-state index in [-0.39, 0.29) is 11.8 Å². The van der Waals surface area contributed by atoms with Gasteiger partial charge in [0, 0.05) is 19.6 Å². The predicted molar refractivity (Wildman–Crippen MR) is 86.4 cm³/mol. The van der Waals surface area contributed by atoms with Crippen LogP contribution in [0.3, 0.4) is 0 Å². The zero-order valence-electron chi connectivity index (χ0n) is 12.8. The molecule has 5 nitrogen and oxygen atoms in total. The molecular formula is C16H26N4O. The van der Waals surface area contributed by atoms with Crippen molar-refractivity contribution in [2.75, 3.05) is 29.9 Å². The Morgan fingerprint density at radius 2 is 2.14 bits per heavy atom. The van der Waals surface area contributed by atoms with Gasteiger partial charge in [-0.15, -0.1) is 0 Å². The van der Waals surface area contributed by atoms with Crippen molar-refractivity contribution in [2.45, 2.75) is 39.0 Å². The number of rotatable bonds is 6. The van der Waals surface area contributed by atoms with E-state index in [0.29, 0.717) is 6.54 Å². The summed E-state index contributed by atoms with van der Waals surface area (Å²) in [6.45, 7) is 4.60. The Kier molecular flexibility index (Phi) is 5.99. The number of hydrogen-bond donors (Lipinski definition) is 2. The van der Waals surface area contributed by atoms with Gasteiger partial charge in [0.1, 0.15) is 5.82 Å². The number of nitrogens with zero attached hydrogens (tertiary/aromatic N) is 2.